The standard InChI is InChI=1S/C19H19Cl2N3O/c1-12(22)19-18(16-8-5-14(20)9-17(16)21)23-11-24(19)10-13-3-6-15(25-2)7-4-13/h3-9,11-12H,10,22H2,1-2H3. The third kappa shape index (κ3) is 3.82. The molecule has 4 nitrogen and oxygen atoms in total. The molecule has 0 aliphatic heterocycles. The molecule has 25 heavy (non-hydrogen) atoms. The fourth-order valence-electron chi connectivity index (χ4n) is 2.81. The van der Waals surface area contributed by atoms with Gasteiger partial charge in [-0.15, -0.1) is 0 Å². The minimum atomic E-state index is -0.192. The first-order valence-electron chi connectivity index (χ1n) is 7.88. The number of methoxy groups -OCH3 is 1. The summed E-state index contributed by atoms with van der Waals surface area (Å²) in [5.74, 6) is 0.829. The molecule has 0 radical (unpaired) electrons. The highest BCUT2D eigenvalue weighted by Crippen LogP contribution is 2.33. The number of hydrogen-bond acceptors (Lipinski definition) is 3. The van der Waals surface area contributed by atoms with E-state index >= 15 is 0 Å². The second kappa shape index (κ2) is 7.48. The van der Waals surface area contributed by atoms with E-state index in [1.807, 2.05) is 41.8 Å². The first kappa shape index (κ1) is 17.8. The van der Waals surface area contributed by atoms with E-state index in [0.29, 0.717) is 16.6 Å². The van der Waals surface area contributed by atoms with E-state index in [1.54, 1.807) is 25.6 Å². The van der Waals surface area contributed by atoms with Crippen LogP contribution >= 0.6 is 23.2 Å². The van der Waals surface area contributed by atoms with Crippen LogP contribution in [0.3, 0.4) is 0 Å². The molecule has 130 valence electrons. The van der Waals surface area contributed by atoms with Gasteiger partial charge in [0.2, 0.25) is 0 Å². The van der Waals surface area contributed by atoms with Crippen LogP contribution in [-0.4, -0.2) is 16.7 Å². The van der Waals surface area contributed by atoms with Crippen molar-refractivity contribution in [1.29, 1.82) is 0 Å². The lowest BCUT2D eigenvalue weighted by Crippen LogP contribution is -2.13. The summed E-state index contributed by atoms with van der Waals surface area (Å²) in [5.41, 5.74) is 9.90. The zero-order chi connectivity index (χ0) is 18.0. The second-order valence-corrected chi connectivity index (χ2v) is 6.71. The van der Waals surface area contributed by atoms with Crippen molar-refractivity contribution in [2.24, 2.45) is 5.73 Å². The van der Waals surface area contributed by atoms with Gasteiger partial charge in [-0.2, -0.15) is 0 Å². The first-order valence-corrected chi connectivity index (χ1v) is 8.64. The van der Waals surface area contributed by atoms with Crippen LogP contribution in [-0.2, 0) is 6.54 Å². The topological polar surface area (TPSA) is 53.1 Å². The van der Waals surface area contributed by atoms with Crippen molar-refractivity contribution in [3.05, 3.63) is 70.1 Å². The lowest BCUT2D eigenvalue weighted by Gasteiger charge is -2.14. The Morgan fingerprint density at radius 2 is 1.88 bits per heavy atom. The molecule has 1 heterocycles. The lowest BCUT2D eigenvalue weighted by atomic mass is 10.1. The fraction of sp³-hybridized carbons (Fsp3) is 0.211. The molecule has 3 rings (SSSR count). The molecule has 6 heteroatoms. The van der Waals surface area contributed by atoms with Crippen LogP contribution < -0.4 is 10.5 Å². The Morgan fingerprint density at radius 1 is 1.16 bits per heavy atom. The Morgan fingerprint density at radius 3 is 2.48 bits per heavy atom. The van der Waals surface area contributed by atoms with Crippen molar-refractivity contribution < 1.29 is 4.74 Å². The molecule has 1 unspecified atom stereocenters. The van der Waals surface area contributed by atoms with E-state index in [2.05, 4.69) is 4.98 Å². The van der Waals surface area contributed by atoms with Gasteiger partial charge in [0.25, 0.3) is 0 Å². The van der Waals surface area contributed by atoms with Crippen LogP contribution in [0.25, 0.3) is 11.3 Å². The Bertz CT molecular complexity index is 873. The molecule has 2 aromatic carbocycles. The van der Waals surface area contributed by atoms with Crippen LogP contribution in [0.5, 0.6) is 5.75 Å². The molecular formula is C19H19Cl2N3O. The summed E-state index contributed by atoms with van der Waals surface area (Å²) in [6.45, 7) is 2.61. The van der Waals surface area contributed by atoms with E-state index in [1.165, 1.54) is 0 Å². The molecule has 0 aliphatic rings. The average Bonchev–Trinajstić information content (AvgIpc) is 2.99. The van der Waals surface area contributed by atoms with Crippen molar-refractivity contribution >= 4 is 23.2 Å². The van der Waals surface area contributed by atoms with Gasteiger partial charge in [0.1, 0.15) is 5.75 Å². The van der Waals surface area contributed by atoms with Gasteiger partial charge < -0.3 is 15.0 Å². The van der Waals surface area contributed by atoms with E-state index in [0.717, 1.165) is 28.3 Å². The Labute approximate surface area is 157 Å². The molecule has 3 aromatic rings. The van der Waals surface area contributed by atoms with Crippen LogP contribution in [0, 0.1) is 0 Å². The van der Waals surface area contributed by atoms with E-state index < -0.39 is 0 Å². The molecule has 2 N–H and O–H groups in total. The van der Waals surface area contributed by atoms with E-state index in [4.69, 9.17) is 33.7 Å². The predicted octanol–water partition coefficient (Wildman–Crippen LogP) is 4.93. The highest BCUT2D eigenvalue weighted by Gasteiger charge is 2.18. The van der Waals surface area contributed by atoms with Crippen molar-refractivity contribution in [3.63, 3.8) is 0 Å². The monoisotopic (exact) mass is 375 g/mol. The molecule has 0 amide bonds. The minimum absolute atomic E-state index is 0.192. The third-order valence-corrected chi connectivity index (χ3v) is 4.56. The Kier molecular flexibility index (Phi) is 5.33. The number of halogens is 2. The van der Waals surface area contributed by atoms with E-state index in [9.17, 15) is 0 Å². The average molecular weight is 376 g/mol. The number of benzene rings is 2. The van der Waals surface area contributed by atoms with Crippen molar-refractivity contribution in [3.8, 4) is 17.0 Å². The summed E-state index contributed by atoms with van der Waals surface area (Å²) in [5, 5.41) is 1.15. The quantitative estimate of drug-likeness (QED) is 0.687. The summed E-state index contributed by atoms with van der Waals surface area (Å²) in [6.07, 6.45) is 1.79. The van der Waals surface area contributed by atoms with Crippen LogP contribution in [0.2, 0.25) is 10.0 Å². The maximum atomic E-state index is 6.36. The molecule has 0 saturated heterocycles. The van der Waals surface area contributed by atoms with Crippen LogP contribution in [0.15, 0.2) is 48.8 Å². The highest BCUT2D eigenvalue weighted by molar-refractivity contribution is 6.36. The SMILES string of the molecule is COc1ccc(Cn2cnc(-c3ccc(Cl)cc3Cl)c2C(C)N)cc1. The van der Waals surface area contributed by atoms with Crippen LogP contribution in [0.4, 0.5) is 0 Å². The number of hydrogen-bond donors (Lipinski definition) is 1. The van der Waals surface area contributed by atoms with Crippen LogP contribution in [0.1, 0.15) is 24.2 Å². The normalized spacial score (nSPS) is 12.2. The Hall–Kier alpha value is -2.01. The third-order valence-electron chi connectivity index (χ3n) is 4.01. The zero-order valence-electron chi connectivity index (χ0n) is 14.0. The maximum absolute atomic E-state index is 6.36. The largest absolute Gasteiger partial charge is 0.497 e. The lowest BCUT2D eigenvalue weighted by molar-refractivity contribution is 0.414. The first-order chi connectivity index (χ1) is 12.0. The fourth-order valence-corrected chi connectivity index (χ4v) is 3.31. The van der Waals surface area contributed by atoms with Gasteiger partial charge >= 0.3 is 0 Å². The summed E-state index contributed by atoms with van der Waals surface area (Å²) in [6, 6.07) is 13.1. The van der Waals surface area contributed by atoms with Crippen molar-refractivity contribution in [2.45, 2.75) is 19.5 Å². The van der Waals surface area contributed by atoms with E-state index in [-0.39, 0.29) is 6.04 Å². The number of aromatic nitrogens is 2. The number of rotatable bonds is 5. The molecule has 0 bridgehead atoms. The van der Waals surface area contributed by atoms with Gasteiger partial charge in [0.15, 0.2) is 0 Å². The summed E-state index contributed by atoms with van der Waals surface area (Å²) >= 11 is 12.4. The van der Waals surface area contributed by atoms with Gasteiger partial charge in [0.05, 0.1) is 29.8 Å². The molecule has 1 aromatic heterocycles. The van der Waals surface area contributed by atoms with Gasteiger partial charge in [-0.05, 0) is 42.8 Å². The summed E-state index contributed by atoms with van der Waals surface area (Å²) in [7, 11) is 1.65. The van der Waals surface area contributed by atoms with Gasteiger partial charge in [-0.3, -0.25) is 0 Å². The zero-order valence-corrected chi connectivity index (χ0v) is 15.6. The molecule has 0 spiro atoms. The summed E-state index contributed by atoms with van der Waals surface area (Å²) in [4.78, 5) is 4.56. The summed E-state index contributed by atoms with van der Waals surface area (Å²) < 4.78 is 7.25. The highest BCUT2D eigenvalue weighted by atomic mass is 35.5. The Balaban J connectivity index is 1.99. The minimum Gasteiger partial charge on any atom is -0.497 e. The number of nitrogens with two attached hydrogens (primary N) is 1. The molecule has 1 atom stereocenters. The molecule has 0 fully saturated rings. The predicted molar refractivity (Wildman–Crippen MR) is 102 cm³/mol. The smallest absolute Gasteiger partial charge is 0.118 e. The molecular weight excluding hydrogens is 357 g/mol. The second-order valence-electron chi connectivity index (χ2n) is 5.87. The van der Waals surface area contributed by atoms with Crippen molar-refractivity contribution in [2.75, 3.05) is 7.11 Å². The molecule has 0 saturated carbocycles. The maximum Gasteiger partial charge on any atom is 0.118 e. The number of nitrogens with zero attached hydrogens (tertiary/aromatic N) is 2. The number of ether oxygens (including phenoxy) is 1. The van der Waals surface area contributed by atoms with Gasteiger partial charge in [-0.25, -0.2) is 4.98 Å². The molecule has 0 aliphatic carbocycles. The number of imidazole rings is 1. The van der Waals surface area contributed by atoms with Gasteiger partial charge in [0, 0.05) is 23.2 Å². The van der Waals surface area contributed by atoms with Crippen molar-refractivity contribution in [1.82, 2.24) is 9.55 Å². The van der Waals surface area contributed by atoms with Gasteiger partial charge in [-0.1, -0.05) is 35.3 Å².